The first-order chi connectivity index (χ1) is 14.4. The van der Waals surface area contributed by atoms with Crippen molar-refractivity contribution in [1.82, 2.24) is 10.2 Å². The van der Waals surface area contributed by atoms with Gasteiger partial charge in [0.2, 0.25) is 5.91 Å². The van der Waals surface area contributed by atoms with Crippen LogP contribution in [0.3, 0.4) is 0 Å². The molecule has 6 nitrogen and oxygen atoms in total. The molecule has 2 heterocycles. The summed E-state index contributed by atoms with van der Waals surface area (Å²) >= 11 is 0. The van der Waals surface area contributed by atoms with Crippen LogP contribution in [0.5, 0.6) is 11.5 Å². The highest BCUT2D eigenvalue weighted by atomic mass is 19.4. The van der Waals surface area contributed by atoms with E-state index in [1.807, 2.05) is 0 Å². The van der Waals surface area contributed by atoms with Crippen LogP contribution in [0, 0.1) is 0 Å². The molecular formula is C21H18F3N3O3. The van der Waals surface area contributed by atoms with E-state index in [1.165, 1.54) is 25.3 Å². The van der Waals surface area contributed by atoms with Crippen molar-refractivity contribution in [2.75, 3.05) is 12.4 Å². The van der Waals surface area contributed by atoms with E-state index in [4.69, 9.17) is 9.47 Å². The Hall–Kier alpha value is -3.49. The summed E-state index contributed by atoms with van der Waals surface area (Å²) < 4.78 is 50.6. The summed E-state index contributed by atoms with van der Waals surface area (Å²) in [6.45, 7) is -0.240. The summed E-state index contributed by atoms with van der Waals surface area (Å²) in [5, 5.41) is 9.48. The molecular weight excluding hydrogens is 399 g/mol. The smallest absolute Gasteiger partial charge is 0.416 e. The first-order valence-corrected chi connectivity index (χ1v) is 9.16. The van der Waals surface area contributed by atoms with E-state index in [0.717, 1.165) is 17.2 Å². The number of nitrogens with one attached hydrogen (secondary N) is 2. The number of alkyl halides is 3. The number of hydrogen-bond donors (Lipinski definition) is 2. The van der Waals surface area contributed by atoms with Crippen molar-refractivity contribution >= 4 is 11.7 Å². The number of halogens is 3. The summed E-state index contributed by atoms with van der Waals surface area (Å²) in [6.07, 6.45) is -2.51. The molecule has 0 aliphatic carbocycles. The number of hydrogen-bond acceptors (Lipinski definition) is 4. The fraction of sp³-hybridized carbons (Fsp3) is 0.238. The van der Waals surface area contributed by atoms with Crippen molar-refractivity contribution < 1.29 is 27.4 Å². The van der Waals surface area contributed by atoms with Gasteiger partial charge in [0.1, 0.15) is 18.1 Å². The van der Waals surface area contributed by atoms with Crippen molar-refractivity contribution in [2.45, 2.75) is 25.1 Å². The zero-order valence-electron chi connectivity index (χ0n) is 15.9. The van der Waals surface area contributed by atoms with Crippen LogP contribution in [0.25, 0.3) is 0 Å². The third kappa shape index (κ3) is 3.83. The maximum absolute atomic E-state index is 13.2. The molecule has 3 aromatic rings. The number of anilines is 1. The Morgan fingerprint density at radius 1 is 1.17 bits per heavy atom. The zero-order valence-corrected chi connectivity index (χ0v) is 15.9. The van der Waals surface area contributed by atoms with Gasteiger partial charge in [0.05, 0.1) is 12.7 Å². The van der Waals surface area contributed by atoms with Gasteiger partial charge in [0, 0.05) is 41.3 Å². The SMILES string of the molecule is COc1cc(OCc2ccccc2C(F)(F)F)ccc1C1CC(=O)Nc2n[nH]cc21. The Labute approximate surface area is 170 Å². The highest BCUT2D eigenvalue weighted by molar-refractivity contribution is 5.94. The average Bonchev–Trinajstić information content (AvgIpc) is 3.19. The molecule has 9 heteroatoms. The van der Waals surface area contributed by atoms with Gasteiger partial charge in [-0.05, 0) is 12.1 Å². The number of methoxy groups -OCH3 is 1. The number of ether oxygens (including phenoxy) is 2. The van der Waals surface area contributed by atoms with Crippen LogP contribution in [0.4, 0.5) is 19.0 Å². The number of aromatic amines is 1. The number of carbonyl (C=O) groups is 1. The maximum atomic E-state index is 13.2. The van der Waals surface area contributed by atoms with Crippen LogP contribution >= 0.6 is 0 Å². The van der Waals surface area contributed by atoms with Crippen LogP contribution in [0.1, 0.15) is 34.6 Å². The first kappa shape index (κ1) is 19.8. The van der Waals surface area contributed by atoms with Gasteiger partial charge in [-0.3, -0.25) is 9.89 Å². The second-order valence-corrected chi connectivity index (χ2v) is 6.84. The number of amides is 1. The lowest BCUT2D eigenvalue weighted by molar-refractivity contribution is -0.138. The van der Waals surface area contributed by atoms with Gasteiger partial charge in [0.15, 0.2) is 5.82 Å². The number of aromatic nitrogens is 2. The average molecular weight is 417 g/mol. The van der Waals surface area contributed by atoms with E-state index in [0.29, 0.717) is 17.3 Å². The van der Waals surface area contributed by atoms with Crippen LogP contribution in [-0.4, -0.2) is 23.2 Å². The van der Waals surface area contributed by atoms with E-state index in [1.54, 1.807) is 24.4 Å². The third-order valence-electron chi connectivity index (χ3n) is 4.99. The van der Waals surface area contributed by atoms with E-state index < -0.39 is 11.7 Å². The molecule has 1 aliphatic rings. The molecule has 1 aliphatic heterocycles. The molecule has 0 radical (unpaired) electrons. The van der Waals surface area contributed by atoms with Gasteiger partial charge in [-0.2, -0.15) is 18.3 Å². The van der Waals surface area contributed by atoms with Crippen LogP contribution < -0.4 is 14.8 Å². The van der Waals surface area contributed by atoms with Gasteiger partial charge >= 0.3 is 6.18 Å². The first-order valence-electron chi connectivity index (χ1n) is 9.16. The number of nitrogens with zero attached hydrogens (tertiary/aromatic N) is 1. The lowest BCUT2D eigenvalue weighted by atomic mass is 9.87. The molecule has 0 saturated carbocycles. The fourth-order valence-corrected chi connectivity index (χ4v) is 3.57. The number of carbonyl (C=O) groups excluding carboxylic acids is 1. The molecule has 30 heavy (non-hydrogen) atoms. The summed E-state index contributed by atoms with van der Waals surface area (Å²) in [4.78, 5) is 12.0. The maximum Gasteiger partial charge on any atom is 0.416 e. The highest BCUT2D eigenvalue weighted by Gasteiger charge is 2.33. The van der Waals surface area contributed by atoms with E-state index >= 15 is 0 Å². The minimum absolute atomic E-state index is 0.0417. The number of benzene rings is 2. The molecule has 2 N–H and O–H groups in total. The van der Waals surface area contributed by atoms with E-state index in [-0.39, 0.29) is 30.4 Å². The lowest BCUT2D eigenvalue weighted by Crippen LogP contribution is -2.23. The van der Waals surface area contributed by atoms with Crippen molar-refractivity contribution in [3.8, 4) is 11.5 Å². The van der Waals surface area contributed by atoms with Gasteiger partial charge in [-0.1, -0.05) is 24.3 Å². The van der Waals surface area contributed by atoms with Gasteiger partial charge in [-0.25, -0.2) is 0 Å². The largest absolute Gasteiger partial charge is 0.496 e. The normalized spacial score (nSPS) is 16.0. The molecule has 0 saturated heterocycles. The lowest BCUT2D eigenvalue weighted by Gasteiger charge is -2.24. The summed E-state index contributed by atoms with van der Waals surface area (Å²) in [5.41, 5.74) is 0.910. The van der Waals surface area contributed by atoms with E-state index in [9.17, 15) is 18.0 Å². The molecule has 4 rings (SSSR count). The number of H-pyrrole nitrogens is 1. The Bertz CT molecular complexity index is 1080. The number of fused-ring (bicyclic) bond motifs is 1. The Morgan fingerprint density at radius 3 is 2.73 bits per heavy atom. The topological polar surface area (TPSA) is 76.2 Å². The second-order valence-electron chi connectivity index (χ2n) is 6.84. The van der Waals surface area contributed by atoms with E-state index in [2.05, 4.69) is 15.5 Å². The van der Waals surface area contributed by atoms with Crippen LogP contribution in [-0.2, 0) is 17.6 Å². The molecule has 0 bridgehead atoms. The molecule has 1 aromatic heterocycles. The van der Waals surface area contributed by atoms with Crippen molar-refractivity contribution in [1.29, 1.82) is 0 Å². The minimum atomic E-state index is -4.45. The molecule has 0 fully saturated rings. The molecule has 2 aromatic carbocycles. The van der Waals surface area contributed by atoms with Crippen molar-refractivity contribution in [2.24, 2.45) is 0 Å². The second kappa shape index (κ2) is 7.74. The molecule has 0 spiro atoms. The van der Waals surface area contributed by atoms with Gasteiger partial charge in [0.25, 0.3) is 0 Å². The monoisotopic (exact) mass is 417 g/mol. The Morgan fingerprint density at radius 2 is 1.97 bits per heavy atom. The molecule has 1 atom stereocenters. The molecule has 156 valence electrons. The van der Waals surface area contributed by atoms with Crippen molar-refractivity contribution in [3.63, 3.8) is 0 Å². The van der Waals surface area contributed by atoms with Gasteiger partial charge in [-0.15, -0.1) is 0 Å². The summed E-state index contributed by atoms with van der Waals surface area (Å²) in [6, 6.07) is 10.3. The minimum Gasteiger partial charge on any atom is -0.496 e. The van der Waals surface area contributed by atoms with Gasteiger partial charge < -0.3 is 14.8 Å². The highest BCUT2D eigenvalue weighted by Crippen LogP contribution is 2.41. The summed E-state index contributed by atoms with van der Waals surface area (Å²) in [7, 11) is 1.49. The quantitative estimate of drug-likeness (QED) is 0.641. The predicted octanol–water partition coefficient (Wildman–Crippen LogP) is 4.49. The number of rotatable bonds is 5. The Kier molecular flexibility index (Phi) is 5.11. The standard InChI is InChI=1S/C21H18F3N3O3/c1-29-18-8-13(30-11-12-4-2-3-5-17(12)21(22,23)24)6-7-14(18)15-9-19(28)26-20-16(15)10-25-27-20/h2-8,10,15H,9,11H2,1H3,(H2,25,26,27,28). The Balaban J connectivity index is 1.58. The van der Waals surface area contributed by atoms with Crippen LogP contribution in [0.15, 0.2) is 48.7 Å². The third-order valence-corrected chi connectivity index (χ3v) is 4.99. The fourth-order valence-electron chi connectivity index (χ4n) is 3.57. The summed E-state index contributed by atoms with van der Waals surface area (Å²) in [5.74, 6) is 0.888. The predicted molar refractivity (Wildman–Crippen MR) is 102 cm³/mol. The zero-order chi connectivity index (χ0) is 21.3. The molecule has 1 amide bonds. The van der Waals surface area contributed by atoms with Crippen molar-refractivity contribution in [3.05, 3.63) is 70.9 Å². The van der Waals surface area contributed by atoms with Crippen LogP contribution in [0.2, 0.25) is 0 Å². The molecule has 1 unspecified atom stereocenters.